The van der Waals surface area contributed by atoms with E-state index in [2.05, 4.69) is 5.32 Å². The Morgan fingerprint density at radius 2 is 1.55 bits per heavy atom. The van der Waals surface area contributed by atoms with E-state index in [0.29, 0.717) is 32.5 Å². The Labute approximate surface area is 171 Å². The SMILES string of the molecule is O=C(O)c1ccc(COc2ccc(OCCOCCNC3CCCC3)cc2)cc1. The van der Waals surface area contributed by atoms with Gasteiger partial charge in [-0.05, 0) is 54.8 Å². The van der Waals surface area contributed by atoms with Gasteiger partial charge < -0.3 is 24.6 Å². The van der Waals surface area contributed by atoms with E-state index in [1.807, 2.05) is 24.3 Å². The second-order valence-corrected chi connectivity index (χ2v) is 7.16. The number of hydrogen-bond acceptors (Lipinski definition) is 5. The molecule has 0 heterocycles. The number of hydrogen-bond donors (Lipinski definition) is 2. The van der Waals surface area contributed by atoms with Crippen molar-refractivity contribution in [3.63, 3.8) is 0 Å². The molecular weight excluding hydrogens is 370 g/mol. The van der Waals surface area contributed by atoms with Crippen LogP contribution in [-0.4, -0.2) is 43.5 Å². The van der Waals surface area contributed by atoms with E-state index < -0.39 is 5.97 Å². The lowest BCUT2D eigenvalue weighted by Crippen LogP contribution is -2.29. The van der Waals surface area contributed by atoms with Crippen LogP contribution in [0.4, 0.5) is 0 Å². The molecule has 0 aliphatic heterocycles. The van der Waals surface area contributed by atoms with Crippen LogP contribution in [0.2, 0.25) is 0 Å². The zero-order chi connectivity index (χ0) is 20.3. The predicted octanol–water partition coefficient (Wildman–Crippen LogP) is 3.89. The molecule has 2 aromatic carbocycles. The van der Waals surface area contributed by atoms with Gasteiger partial charge in [-0.15, -0.1) is 0 Å². The van der Waals surface area contributed by atoms with E-state index in [1.165, 1.54) is 25.7 Å². The summed E-state index contributed by atoms with van der Waals surface area (Å²) in [7, 11) is 0. The summed E-state index contributed by atoms with van der Waals surface area (Å²) >= 11 is 0. The predicted molar refractivity (Wildman–Crippen MR) is 111 cm³/mol. The molecule has 6 heteroatoms. The summed E-state index contributed by atoms with van der Waals surface area (Å²) in [6.45, 7) is 3.06. The number of nitrogens with one attached hydrogen (secondary N) is 1. The van der Waals surface area contributed by atoms with Crippen LogP contribution in [0.1, 0.15) is 41.6 Å². The minimum absolute atomic E-state index is 0.268. The summed E-state index contributed by atoms with van der Waals surface area (Å²) in [6, 6.07) is 14.8. The van der Waals surface area contributed by atoms with Gasteiger partial charge in [0.2, 0.25) is 0 Å². The summed E-state index contributed by atoms with van der Waals surface area (Å²) in [5.74, 6) is 0.573. The molecule has 2 aromatic rings. The molecule has 2 N–H and O–H groups in total. The normalized spacial score (nSPS) is 14.1. The third-order valence-electron chi connectivity index (χ3n) is 4.96. The highest BCUT2D eigenvalue weighted by Gasteiger charge is 2.13. The summed E-state index contributed by atoms with van der Waals surface area (Å²) in [5.41, 5.74) is 1.18. The van der Waals surface area contributed by atoms with Gasteiger partial charge in [0.05, 0.1) is 18.8 Å². The third-order valence-corrected chi connectivity index (χ3v) is 4.96. The number of carboxylic acids is 1. The molecule has 3 rings (SSSR count). The summed E-state index contributed by atoms with van der Waals surface area (Å²) in [5, 5.41) is 12.4. The number of carboxylic acid groups (broad SMARTS) is 1. The van der Waals surface area contributed by atoms with Crippen LogP contribution in [0.5, 0.6) is 11.5 Å². The highest BCUT2D eigenvalue weighted by Crippen LogP contribution is 2.19. The molecule has 0 spiro atoms. The minimum atomic E-state index is -0.931. The van der Waals surface area contributed by atoms with Crippen molar-refractivity contribution in [1.82, 2.24) is 5.32 Å². The highest BCUT2D eigenvalue weighted by molar-refractivity contribution is 5.87. The fraction of sp³-hybridized carbons (Fsp3) is 0.435. The molecule has 0 bridgehead atoms. The molecule has 1 saturated carbocycles. The van der Waals surface area contributed by atoms with Gasteiger partial charge >= 0.3 is 5.97 Å². The van der Waals surface area contributed by atoms with E-state index in [0.717, 1.165) is 23.6 Å². The van der Waals surface area contributed by atoms with Crippen LogP contribution in [0.3, 0.4) is 0 Å². The van der Waals surface area contributed by atoms with Crippen molar-refractivity contribution >= 4 is 5.97 Å². The minimum Gasteiger partial charge on any atom is -0.491 e. The highest BCUT2D eigenvalue weighted by atomic mass is 16.5. The van der Waals surface area contributed by atoms with Gasteiger partial charge in [0.15, 0.2) is 0 Å². The Bertz CT molecular complexity index is 739. The first-order valence-electron chi connectivity index (χ1n) is 10.2. The van der Waals surface area contributed by atoms with Gasteiger partial charge in [-0.1, -0.05) is 25.0 Å². The average molecular weight is 399 g/mol. The lowest BCUT2D eigenvalue weighted by Gasteiger charge is -2.12. The number of ether oxygens (including phenoxy) is 3. The van der Waals surface area contributed by atoms with Gasteiger partial charge in [-0.3, -0.25) is 0 Å². The van der Waals surface area contributed by atoms with Crippen molar-refractivity contribution in [1.29, 1.82) is 0 Å². The molecule has 1 aliphatic rings. The maximum atomic E-state index is 10.9. The molecule has 6 nitrogen and oxygen atoms in total. The first kappa shape index (κ1) is 21.1. The summed E-state index contributed by atoms with van der Waals surface area (Å²) in [4.78, 5) is 10.9. The number of benzene rings is 2. The van der Waals surface area contributed by atoms with Crippen molar-refractivity contribution in [2.75, 3.05) is 26.4 Å². The fourth-order valence-electron chi connectivity index (χ4n) is 3.33. The van der Waals surface area contributed by atoms with Crippen LogP contribution >= 0.6 is 0 Å². The van der Waals surface area contributed by atoms with E-state index in [1.54, 1.807) is 24.3 Å². The van der Waals surface area contributed by atoms with Gasteiger partial charge in [0.25, 0.3) is 0 Å². The molecule has 29 heavy (non-hydrogen) atoms. The second-order valence-electron chi connectivity index (χ2n) is 7.16. The van der Waals surface area contributed by atoms with E-state index >= 15 is 0 Å². The molecule has 0 saturated heterocycles. The lowest BCUT2D eigenvalue weighted by atomic mass is 10.1. The van der Waals surface area contributed by atoms with E-state index in [9.17, 15) is 4.79 Å². The first-order chi connectivity index (χ1) is 14.2. The smallest absolute Gasteiger partial charge is 0.335 e. The largest absolute Gasteiger partial charge is 0.491 e. The van der Waals surface area contributed by atoms with Crippen LogP contribution in [0.25, 0.3) is 0 Å². The Morgan fingerprint density at radius 1 is 0.897 bits per heavy atom. The Kier molecular flexibility index (Phi) is 8.34. The van der Waals surface area contributed by atoms with Crippen molar-refractivity contribution in [3.05, 3.63) is 59.7 Å². The number of carbonyl (C=O) groups is 1. The van der Waals surface area contributed by atoms with E-state index in [4.69, 9.17) is 19.3 Å². The van der Waals surface area contributed by atoms with Gasteiger partial charge in [-0.2, -0.15) is 0 Å². The molecule has 156 valence electrons. The molecule has 0 amide bonds. The van der Waals surface area contributed by atoms with Crippen LogP contribution in [0, 0.1) is 0 Å². The van der Waals surface area contributed by atoms with Crippen molar-refractivity contribution in [2.24, 2.45) is 0 Å². The first-order valence-corrected chi connectivity index (χ1v) is 10.2. The fourth-order valence-corrected chi connectivity index (χ4v) is 3.33. The zero-order valence-corrected chi connectivity index (χ0v) is 16.6. The number of rotatable bonds is 12. The van der Waals surface area contributed by atoms with Gasteiger partial charge in [0, 0.05) is 12.6 Å². The van der Waals surface area contributed by atoms with Gasteiger partial charge in [-0.25, -0.2) is 4.79 Å². The van der Waals surface area contributed by atoms with Gasteiger partial charge in [0.1, 0.15) is 24.7 Å². The topological polar surface area (TPSA) is 77.0 Å². The molecule has 1 aliphatic carbocycles. The Balaban J connectivity index is 1.28. The van der Waals surface area contributed by atoms with Crippen LogP contribution in [0.15, 0.2) is 48.5 Å². The maximum absolute atomic E-state index is 10.9. The Hall–Kier alpha value is -2.57. The average Bonchev–Trinajstić information content (AvgIpc) is 3.26. The maximum Gasteiger partial charge on any atom is 0.335 e. The number of aromatic carboxylic acids is 1. The molecule has 0 aromatic heterocycles. The van der Waals surface area contributed by atoms with Crippen molar-refractivity contribution in [2.45, 2.75) is 38.3 Å². The third kappa shape index (κ3) is 7.40. The molecule has 0 atom stereocenters. The van der Waals surface area contributed by atoms with Crippen LogP contribution in [-0.2, 0) is 11.3 Å². The molecule has 0 unspecified atom stereocenters. The summed E-state index contributed by atoms with van der Waals surface area (Å²) in [6.07, 6.45) is 5.27. The van der Waals surface area contributed by atoms with Crippen LogP contribution < -0.4 is 14.8 Å². The summed E-state index contributed by atoms with van der Waals surface area (Å²) < 4.78 is 17.0. The standard InChI is InChI=1S/C23H29NO5/c25-23(26)19-7-5-18(6-8-19)17-29-22-11-9-21(10-12-22)28-16-15-27-14-13-24-20-3-1-2-4-20/h5-12,20,24H,1-4,13-17H2,(H,25,26). The van der Waals surface area contributed by atoms with Crippen molar-refractivity contribution in [3.8, 4) is 11.5 Å². The Morgan fingerprint density at radius 3 is 2.21 bits per heavy atom. The monoisotopic (exact) mass is 399 g/mol. The lowest BCUT2D eigenvalue weighted by molar-refractivity contribution is 0.0697. The molecule has 0 radical (unpaired) electrons. The van der Waals surface area contributed by atoms with Crippen molar-refractivity contribution < 1.29 is 24.1 Å². The molecule has 1 fully saturated rings. The molecular formula is C23H29NO5. The second kappa shape index (κ2) is 11.4. The zero-order valence-electron chi connectivity index (χ0n) is 16.6. The quantitative estimate of drug-likeness (QED) is 0.527. The van der Waals surface area contributed by atoms with E-state index in [-0.39, 0.29) is 5.56 Å².